The summed E-state index contributed by atoms with van der Waals surface area (Å²) in [5.74, 6) is -0.959. The van der Waals surface area contributed by atoms with E-state index in [1.165, 1.54) is 36.4 Å². The summed E-state index contributed by atoms with van der Waals surface area (Å²) < 4.78 is 40.8. The Morgan fingerprint density at radius 3 is 2.43 bits per heavy atom. The minimum absolute atomic E-state index is 0.0211. The number of ketones is 1. The summed E-state index contributed by atoms with van der Waals surface area (Å²) in [4.78, 5) is 24.4. The van der Waals surface area contributed by atoms with E-state index in [1.54, 1.807) is 13.2 Å². The quantitative estimate of drug-likeness (QED) is 0.324. The highest BCUT2D eigenvalue weighted by molar-refractivity contribution is 6.00. The molecule has 162 valence electrons. The molecular formula is C22H25F2NO5. The number of nitrogens with zero attached hydrogens (tertiary/aromatic N) is 1. The number of hydrogen-bond donors (Lipinski definition) is 0. The van der Waals surface area contributed by atoms with Gasteiger partial charge in [-0.15, -0.1) is 0 Å². The third kappa shape index (κ3) is 6.25. The second-order valence-electron chi connectivity index (χ2n) is 6.77. The van der Waals surface area contributed by atoms with Crippen molar-refractivity contribution < 1.29 is 32.6 Å². The number of rotatable bonds is 10. The number of esters is 1. The maximum atomic E-state index is 12.5. The lowest BCUT2D eigenvalue weighted by atomic mass is 10.1. The highest BCUT2D eigenvalue weighted by Crippen LogP contribution is 2.21. The lowest BCUT2D eigenvalue weighted by molar-refractivity contribution is -0.136. The van der Waals surface area contributed by atoms with Crippen molar-refractivity contribution in [2.24, 2.45) is 0 Å². The van der Waals surface area contributed by atoms with Crippen molar-refractivity contribution in [1.29, 1.82) is 0 Å². The molecule has 1 heterocycles. The Kier molecular flexibility index (Phi) is 8.29. The summed E-state index contributed by atoms with van der Waals surface area (Å²) in [5.41, 5.74) is 2.81. The van der Waals surface area contributed by atoms with Crippen molar-refractivity contribution in [3.8, 4) is 5.75 Å². The van der Waals surface area contributed by atoms with Crippen molar-refractivity contribution >= 4 is 17.8 Å². The van der Waals surface area contributed by atoms with E-state index in [0.717, 1.165) is 11.4 Å². The SMILES string of the molecule is COC[C@@H](C)n1c(C)cc(C(=O)COC(=O)/C=C/c2ccc(OC(F)F)cc2)c1C. The fourth-order valence-electron chi connectivity index (χ4n) is 3.24. The number of methoxy groups -OCH3 is 1. The molecule has 0 saturated heterocycles. The first kappa shape index (κ1) is 23.3. The standard InChI is InChI=1S/C22H25F2NO5/c1-14-11-19(16(3)25(14)15(2)12-28-4)20(26)13-29-21(27)10-7-17-5-8-18(9-6-17)30-22(23)24/h5-11,15,22H,12-13H2,1-4H3/b10-7+/t15-/m1/s1. The molecule has 0 aliphatic heterocycles. The van der Waals surface area contributed by atoms with E-state index >= 15 is 0 Å². The van der Waals surface area contributed by atoms with E-state index in [2.05, 4.69) is 4.74 Å². The molecule has 2 rings (SSSR count). The summed E-state index contributed by atoms with van der Waals surface area (Å²) in [5, 5.41) is 0. The average molecular weight is 421 g/mol. The van der Waals surface area contributed by atoms with Crippen LogP contribution in [-0.4, -0.2) is 43.3 Å². The molecule has 30 heavy (non-hydrogen) atoms. The molecule has 0 amide bonds. The van der Waals surface area contributed by atoms with E-state index in [4.69, 9.17) is 9.47 Å². The molecule has 0 radical (unpaired) electrons. The highest BCUT2D eigenvalue weighted by atomic mass is 19.3. The van der Waals surface area contributed by atoms with Gasteiger partial charge in [0.25, 0.3) is 0 Å². The van der Waals surface area contributed by atoms with E-state index < -0.39 is 12.6 Å². The van der Waals surface area contributed by atoms with Gasteiger partial charge in [0.15, 0.2) is 6.61 Å². The van der Waals surface area contributed by atoms with Crippen molar-refractivity contribution in [1.82, 2.24) is 4.57 Å². The first-order valence-corrected chi connectivity index (χ1v) is 9.33. The topological polar surface area (TPSA) is 66.8 Å². The molecule has 0 spiro atoms. The normalized spacial score (nSPS) is 12.4. The molecule has 8 heteroatoms. The van der Waals surface area contributed by atoms with Crippen molar-refractivity contribution in [3.63, 3.8) is 0 Å². The van der Waals surface area contributed by atoms with Gasteiger partial charge in [-0.1, -0.05) is 12.1 Å². The molecule has 0 unspecified atom stereocenters. The molecule has 0 saturated carbocycles. The second kappa shape index (κ2) is 10.7. The average Bonchev–Trinajstić information content (AvgIpc) is 2.99. The van der Waals surface area contributed by atoms with Gasteiger partial charge >= 0.3 is 12.6 Å². The van der Waals surface area contributed by atoms with Gasteiger partial charge in [-0.05, 0) is 50.6 Å². The zero-order chi connectivity index (χ0) is 22.3. The van der Waals surface area contributed by atoms with Crippen LogP contribution in [0.15, 0.2) is 36.4 Å². The van der Waals surface area contributed by atoms with Gasteiger partial charge in [-0.2, -0.15) is 8.78 Å². The van der Waals surface area contributed by atoms with E-state index in [9.17, 15) is 18.4 Å². The molecule has 1 aromatic heterocycles. The van der Waals surface area contributed by atoms with Gasteiger partial charge in [0, 0.05) is 30.1 Å². The van der Waals surface area contributed by atoms with Gasteiger partial charge in [0.05, 0.1) is 12.6 Å². The van der Waals surface area contributed by atoms with Gasteiger partial charge in [0.1, 0.15) is 5.75 Å². The smallest absolute Gasteiger partial charge is 0.387 e. The van der Waals surface area contributed by atoms with E-state index in [1.807, 2.05) is 25.3 Å². The summed E-state index contributed by atoms with van der Waals surface area (Å²) in [7, 11) is 1.62. The molecule has 1 aromatic carbocycles. The first-order valence-electron chi connectivity index (χ1n) is 9.33. The van der Waals surface area contributed by atoms with Crippen LogP contribution in [0.25, 0.3) is 6.08 Å². The summed E-state index contributed by atoms with van der Waals surface area (Å²) in [6, 6.07) is 7.60. The van der Waals surface area contributed by atoms with Crippen LogP contribution in [0.3, 0.4) is 0 Å². The lowest BCUT2D eigenvalue weighted by Gasteiger charge is -2.17. The first-order chi connectivity index (χ1) is 14.2. The van der Waals surface area contributed by atoms with Crippen LogP contribution in [0, 0.1) is 13.8 Å². The number of ether oxygens (including phenoxy) is 3. The summed E-state index contributed by atoms with van der Waals surface area (Å²) >= 11 is 0. The van der Waals surface area contributed by atoms with Crippen LogP contribution in [-0.2, 0) is 14.3 Å². The number of carbonyl (C=O) groups is 2. The number of alkyl halides is 2. The maximum absolute atomic E-state index is 12.5. The number of aromatic nitrogens is 1. The van der Waals surface area contributed by atoms with E-state index in [-0.39, 0.29) is 24.2 Å². The fraction of sp³-hybridized carbons (Fsp3) is 0.364. The monoisotopic (exact) mass is 421 g/mol. The molecule has 0 bridgehead atoms. The number of Topliss-reactive ketones (excluding diaryl/α,β-unsaturated/α-hetero) is 1. The predicted octanol–water partition coefficient (Wildman–Crippen LogP) is 4.35. The van der Waals surface area contributed by atoms with Gasteiger partial charge < -0.3 is 18.8 Å². The molecular weight excluding hydrogens is 396 g/mol. The number of benzene rings is 1. The Labute approximate surface area is 174 Å². The Bertz CT molecular complexity index is 903. The Balaban J connectivity index is 1.94. The molecule has 6 nitrogen and oxygen atoms in total. The molecule has 0 aliphatic carbocycles. The minimum Gasteiger partial charge on any atom is -0.454 e. The van der Waals surface area contributed by atoms with Crippen LogP contribution in [0.5, 0.6) is 5.75 Å². The number of carbonyl (C=O) groups excluding carboxylic acids is 2. The largest absolute Gasteiger partial charge is 0.454 e. The van der Waals surface area contributed by atoms with Crippen LogP contribution < -0.4 is 4.74 Å². The summed E-state index contributed by atoms with van der Waals surface area (Å²) in [6.07, 6.45) is 2.62. The highest BCUT2D eigenvalue weighted by Gasteiger charge is 2.19. The van der Waals surface area contributed by atoms with E-state index in [0.29, 0.717) is 17.7 Å². The predicted molar refractivity (Wildman–Crippen MR) is 108 cm³/mol. The molecule has 0 N–H and O–H groups in total. The molecule has 2 aromatic rings. The molecule has 0 fully saturated rings. The zero-order valence-electron chi connectivity index (χ0n) is 17.4. The number of aryl methyl sites for hydroxylation is 1. The van der Waals surface area contributed by atoms with Crippen molar-refractivity contribution in [2.45, 2.75) is 33.4 Å². The Hall–Kier alpha value is -3.00. The molecule has 0 aliphatic rings. The molecule has 1 atom stereocenters. The van der Waals surface area contributed by atoms with Crippen LogP contribution in [0.1, 0.15) is 40.3 Å². The number of hydrogen-bond acceptors (Lipinski definition) is 5. The van der Waals surface area contributed by atoms with Crippen LogP contribution >= 0.6 is 0 Å². The lowest BCUT2D eigenvalue weighted by Crippen LogP contribution is -2.16. The third-order valence-corrected chi connectivity index (χ3v) is 4.50. The number of halogens is 2. The Morgan fingerprint density at radius 2 is 1.83 bits per heavy atom. The summed E-state index contributed by atoms with van der Waals surface area (Å²) in [6.45, 7) is 2.98. The van der Waals surface area contributed by atoms with Crippen LogP contribution in [0.4, 0.5) is 8.78 Å². The van der Waals surface area contributed by atoms with Crippen molar-refractivity contribution in [3.05, 3.63) is 58.9 Å². The maximum Gasteiger partial charge on any atom is 0.387 e. The van der Waals surface area contributed by atoms with Gasteiger partial charge in [-0.3, -0.25) is 4.79 Å². The zero-order valence-corrected chi connectivity index (χ0v) is 17.4. The fourth-order valence-corrected chi connectivity index (χ4v) is 3.24. The van der Waals surface area contributed by atoms with Crippen molar-refractivity contribution in [2.75, 3.05) is 20.3 Å². The second-order valence-corrected chi connectivity index (χ2v) is 6.77. The van der Waals surface area contributed by atoms with Gasteiger partial charge in [-0.25, -0.2) is 4.79 Å². The minimum atomic E-state index is -2.90. The van der Waals surface area contributed by atoms with Crippen LogP contribution in [0.2, 0.25) is 0 Å². The third-order valence-electron chi connectivity index (χ3n) is 4.50. The van der Waals surface area contributed by atoms with Gasteiger partial charge in [0.2, 0.25) is 5.78 Å². The Morgan fingerprint density at radius 1 is 1.17 bits per heavy atom.